The maximum atomic E-state index is 5.68. The average Bonchev–Trinajstić information content (AvgIpc) is 2.63. The summed E-state index contributed by atoms with van der Waals surface area (Å²) in [6.07, 6.45) is 5.57. The van der Waals surface area contributed by atoms with E-state index in [2.05, 4.69) is 26.5 Å². The largest absolute Gasteiger partial charge is 0.378 e. The Kier molecular flexibility index (Phi) is 4.77. The van der Waals surface area contributed by atoms with Crippen LogP contribution in [0.25, 0.3) is 0 Å². The number of ether oxygens (including phenoxy) is 1. The highest BCUT2D eigenvalue weighted by Gasteiger charge is 2.32. The molecule has 1 aromatic rings. The lowest BCUT2D eigenvalue weighted by atomic mass is 9.78. The highest BCUT2D eigenvalue weighted by molar-refractivity contribution is 9.10. The number of hydrogen-bond donors (Lipinski definition) is 2. The van der Waals surface area contributed by atoms with Crippen LogP contribution in [0.1, 0.15) is 37.9 Å². The summed E-state index contributed by atoms with van der Waals surface area (Å²) >= 11 is 3.52. The average molecular weight is 317 g/mol. The van der Waals surface area contributed by atoms with Gasteiger partial charge in [-0.1, -0.05) is 0 Å². The van der Waals surface area contributed by atoms with Crippen molar-refractivity contribution in [1.82, 2.24) is 15.2 Å². The minimum Gasteiger partial charge on any atom is -0.378 e. The molecule has 0 aliphatic heterocycles. The molecule has 0 spiro atoms. The molecule has 0 aromatic carbocycles. The summed E-state index contributed by atoms with van der Waals surface area (Å²) in [6, 6.07) is 0.138. The third kappa shape index (κ3) is 2.93. The van der Waals surface area contributed by atoms with E-state index >= 15 is 0 Å². The Morgan fingerprint density at radius 2 is 2.39 bits per heavy atom. The van der Waals surface area contributed by atoms with E-state index in [9.17, 15) is 0 Å². The van der Waals surface area contributed by atoms with Crippen molar-refractivity contribution in [3.63, 3.8) is 0 Å². The fraction of sp³-hybridized carbons (Fsp3) is 0.750. The number of hydrogen-bond acceptors (Lipinski definition) is 4. The highest BCUT2D eigenvalue weighted by Crippen LogP contribution is 2.37. The zero-order valence-electron chi connectivity index (χ0n) is 10.9. The third-order valence-electron chi connectivity index (χ3n) is 3.63. The molecule has 1 aromatic heterocycles. The predicted octanol–water partition coefficient (Wildman–Crippen LogP) is 1.89. The van der Waals surface area contributed by atoms with Crippen LogP contribution in [0.5, 0.6) is 0 Å². The molecule has 1 aliphatic rings. The second-order valence-electron chi connectivity index (χ2n) is 4.87. The molecule has 1 saturated carbocycles. The van der Waals surface area contributed by atoms with E-state index in [-0.39, 0.29) is 6.04 Å². The zero-order valence-corrected chi connectivity index (χ0v) is 12.5. The minimum atomic E-state index is 0.138. The topological polar surface area (TPSA) is 65.1 Å². The van der Waals surface area contributed by atoms with Gasteiger partial charge in [-0.25, -0.2) is 0 Å². The first kappa shape index (κ1) is 14.0. The van der Waals surface area contributed by atoms with Crippen LogP contribution in [0.15, 0.2) is 10.7 Å². The molecule has 102 valence electrons. The number of hydrazine groups is 1. The van der Waals surface area contributed by atoms with Crippen molar-refractivity contribution in [3.05, 3.63) is 16.4 Å². The van der Waals surface area contributed by atoms with Gasteiger partial charge in [0, 0.05) is 13.7 Å². The highest BCUT2D eigenvalue weighted by atomic mass is 79.9. The molecular weight excluding hydrogens is 296 g/mol. The fourth-order valence-electron chi connectivity index (χ4n) is 2.64. The first-order valence-corrected chi connectivity index (χ1v) is 7.20. The summed E-state index contributed by atoms with van der Waals surface area (Å²) in [4.78, 5) is 0. The number of aryl methyl sites for hydroxylation is 1. The lowest BCUT2D eigenvalue weighted by Gasteiger charge is -2.37. The zero-order chi connectivity index (χ0) is 13.1. The normalized spacial score (nSPS) is 24.9. The van der Waals surface area contributed by atoms with Crippen molar-refractivity contribution in [2.24, 2.45) is 18.8 Å². The van der Waals surface area contributed by atoms with Gasteiger partial charge in [0.25, 0.3) is 0 Å². The Hall–Kier alpha value is -0.430. The Bertz CT molecular complexity index is 370. The van der Waals surface area contributed by atoms with Gasteiger partial charge in [0.05, 0.1) is 28.5 Å². The Balaban J connectivity index is 1.91. The van der Waals surface area contributed by atoms with Gasteiger partial charge < -0.3 is 4.74 Å². The van der Waals surface area contributed by atoms with Crippen LogP contribution in [0.3, 0.4) is 0 Å². The Labute approximate surface area is 116 Å². The van der Waals surface area contributed by atoms with Crippen molar-refractivity contribution < 1.29 is 4.74 Å². The van der Waals surface area contributed by atoms with Crippen molar-refractivity contribution in [2.75, 3.05) is 6.61 Å². The second kappa shape index (κ2) is 6.14. The van der Waals surface area contributed by atoms with E-state index in [1.807, 2.05) is 24.9 Å². The van der Waals surface area contributed by atoms with Crippen LogP contribution in [-0.2, 0) is 11.8 Å². The van der Waals surface area contributed by atoms with E-state index < -0.39 is 0 Å². The van der Waals surface area contributed by atoms with Crippen LogP contribution in [0.2, 0.25) is 0 Å². The van der Waals surface area contributed by atoms with Crippen LogP contribution in [-0.4, -0.2) is 22.5 Å². The molecule has 1 unspecified atom stereocenters. The summed E-state index contributed by atoms with van der Waals surface area (Å²) in [6.45, 7) is 2.85. The molecule has 6 heteroatoms. The molecule has 0 saturated heterocycles. The predicted molar refractivity (Wildman–Crippen MR) is 73.7 cm³/mol. The summed E-state index contributed by atoms with van der Waals surface area (Å²) in [5.74, 6) is 6.36. The summed E-state index contributed by atoms with van der Waals surface area (Å²) < 4.78 is 8.46. The molecule has 1 atom stereocenters. The standard InChI is InChI=1S/C12H21BrN4O/c1-3-18-9-4-8(5-9)6-11(16-14)12-10(13)7-15-17(12)2/h7-9,11,16H,3-6,14H2,1-2H3. The van der Waals surface area contributed by atoms with Gasteiger partial charge in [0.1, 0.15) is 0 Å². The molecule has 1 fully saturated rings. The van der Waals surface area contributed by atoms with Crippen LogP contribution in [0.4, 0.5) is 0 Å². The van der Waals surface area contributed by atoms with Gasteiger partial charge in [0.2, 0.25) is 0 Å². The SMILES string of the molecule is CCOC1CC(CC(NN)c2c(Br)cnn2C)C1. The minimum absolute atomic E-state index is 0.138. The van der Waals surface area contributed by atoms with Gasteiger partial charge in [-0.05, 0) is 48.0 Å². The number of aromatic nitrogens is 2. The molecule has 0 amide bonds. The van der Waals surface area contributed by atoms with E-state index in [1.54, 1.807) is 0 Å². The molecule has 5 nitrogen and oxygen atoms in total. The van der Waals surface area contributed by atoms with Crippen LogP contribution < -0.4 is 11.3 Å². The van der Waals surface area contributed by atoms with E-state index in [0.29, 0.717) is 12.0 Å². The van der Waals surface area contributed by atoms with Gasteiger partial charge in [-0.15, -0.1) is 0 Å². The van der Waals surface area contributed by atoms with Gasteiger partial charge >= 0.3 is 0 Å². The van der Waals surface area contributed by atoms with E-state index in [0.717, 1.165) is 36.0 Å². The monoisotopic (exact) mass is 316 g/mol. The summed E-state index contributed by atoms with van der Waals surface area (Å²) in [7, 11) is 1.94. The Morgan fingerprint density at radius 3 is 2.89 bits per heavy atom. The molecule has 3 N–H and O–H groups in total. The van der Waals surface area contributed by atoms with E-state index in [4.69, 9.17) is 10.6 Å². The van der Waals surface area contributed by atoms with Crippen molar-refractivity contribution in [1.29, 1.82) is 0 Å². The lowest BCUT2D eigenvalue weighted by Crippen LogP contribution is -2.37. The molecule has 18 heavy (non-hydrogen) atoms. The Morgan fingerprint density at radius 1 is 1.67 bits per heavy atom. The second-order valence-corrected chi connectivity index (χ2v) is 5.73. The first-order valence-electron chi connectivity index (χ1n) is 6.40. The number of rotatable bonds is 6. The van der Waals surface area contributed by atoms with Crippen molar-refractivity contribution >= 4 is 15.9 Å². The molecule has 1 heterocycles. The summed E-state index contributed by atoms with van der Waals surface area (Å²) in [5, 5.41) is 4.23. The maximum Gasteiger partial charge on any atom is 0.0705 e. The first-order chi connectivity index (χ1) is 8.65. The number of nitrogens with one attached hydrogen (secondary N) is 1. The number of nitrogens with two attached hydrogens (primary N) is 1. The van der Waals surface area contributed by atoms with Crippen molar-refractivity contribution in [2.45, 2.75) is 38.3 Å². The smallest absolute Gasteiger partial charge is 0.0705 e. The van der Waals surface area contributed by atoms with Crippen LogP contribution >= 0.6 is 15.9 Å². The molecule has 0 bridgehead atoms. The molecule has 1 aliphatic carbocycles. The third-order valence-corrected chi connectivity index (χ3v) is 4.24. The quantitative estimate of drug-likeness (QED) is 0.621. The van der Waals surface area contributed by atoms with E-state index in [1.165, 1.54) is 0 Å². The van der Waals surface area contributed by atoms with Gasteiger partial charge in [-0.2, -0.15) is 5.10 Å². The van der Waals surface area contributed by atoms with Crippen molar-refractivity contribution in [3.8, 4) is 0 Å². The van der Waals surface area contributed by atoms with Gasteiger partial charge in [0.15, 0.2) is 0 Å². The van der Waals surface area contributed by atoms with Crippen LogP contribution in [0, 0.1) is 5.92 Å². The summed E-state index contributed by atoms with van der Waals surface area (Å²) in [5.41, 5.74) is 4.01. The molecule has 0 radical (unpaired) electrons. The molecular formula is C12H21BrN4O. The number of halogens is 1. The fourth-order valence-corrected chi connectivity index (χ4v) is 3.27. The molecule has 2 rings (SSSR count). The lowest BCUT2D eigenvalue weighted by molar-refractivity contribution is -0.0293. The maximum absolute atomic E-state index is 5.68. The van der Waals surface area contributed by atoms with Gasteiger partial charge in [-0.3, -0.25) is 16.0 Å². The number of nitrogens with zero attached hydrogens (tertiary/aromatic N) is 2.